The van der Waals surface area contributed by atoms with Crippen molar-refractivity contribution < 1.29 is 0 Å². The van der Waals surface area contributed by atoms with Gasteiger partial charge in [-0.3, -0.25) is 4.98 Å². The molecular weight excluding hydrogens is 340 g/mol. The highest BCUT2D eigenvalue weighted by atomic mass is 14.9. The second-order valence-corrected chi connectivity index (χ2v) is 7.99. The topological polar surface area (TPSA) is 24.9 Å². The molecule has 0 bridgehead atoms. The lowest BCUT2D eigenvalue weighted by molar-refractivity contribution is 0.570. The van der Waals surface area contributed by atoms with Crippen LogP contribution in [-0.2, 0) is 19.4 Å². The van der Waals surface area contributed by atoms with E-state index in [1.807, 2.05) is 0 Å². The number of benzene rings is 1. The molecule has 1 aromatic heterocycles. The average Bonchev–Trinajstić information content (AvgIpc) is 2.70. The zero-order valence-electron chi connectivity index (χ0n) is 18.8. The van der Waals surface area contributed by atoms with Gasteiger partial charge in [-0.1, -0.05) is 71.1 Å². The van der Waals surface area contributed by atoms with Crippen molar-refractivity contribution in [2.75, 3.05) is 6.54 Å². The van der Waals surface area contributed by atoms with Crippen LogP contribution in [0.5, 0.6) is 0 Å². The molecule has 0 spiro atoms. The Morgan fingerprint density at radius 3 is 2.11 bits per heavy atom. The maximum Gasteiger partial charge on any atom is 0.0713 e. The molecule has 1 aromatic carbocycles. The number of hydrogen-bond acceptors (Lipinski definition) is 2. The van der Waals surface area contributed by atoms with E-state index in [9.17, 15) is 0 Å². The summed E-state index contributed by atoms with van der Waals surface area (Å²) in [4.78, 5) is 5.03. The average molecular weight is 381 g/mol. The highest BCUT2D eigenvalue weighted by Gasteiger charge is 2.13. The van der Waals surface area contributed by atoms with Gasteiger partial charge in [-0.15, -0.1) is 0 Å². The second kappa shape index (κ2) is 12.0. The van der Waals surface area contributed by atoms with Gasteiger partial charge in [0.05, 0.1) is 5.69 Å². The number of unbranched alkanes of at least 4 members (excludes halogenated alkanes) is 5. The summed E-state index contributed by atoms with van der Waals surface area (Å²) < 4.78 is 0. The molecule has 1 N–H and O–H groups in total. The Hall–Kier alpha value is -1.67. The Morgan fingerprint density at radius 2 is 1.50 bits per heavy atom. The number of hydrogen-bond donors (Lipinski definition) is 1. The Bertz CT molecular complexity index is 688. The largest absolute Gasteiger partial charge is 0.313 e. The number of nitrogens with one attached hydrogen (secondary N) is 1. The molecule has 0 saturated heterocycles. The summed E-state index contributed by atoms with van der Waals surface area (Å²) in [6, 6.07) is 8.97. The van der Waals surface area contributed by atoms with Crippen LogP contribution >= 0.6 is 0 Å². The van der Waals surface area contributed by atoms with Crippen molar-refractivity contribution in [3.05, 3.63) is 52.2 Å². The van der Waals surface area contributed by atoms with E-state index in [1.165, 1.54) is 72.0 Å². The fourth-order valence-electron chi connectivity index (χ4n) is 4.07. The fraction of sp³-hybridized carbons (Fsp3) is 0.577. The monoisotopic (exact) mass is 380 g/mol. The molecule has 28 heavy (non-hydrogen) atoms. The van der Waals surface area contributed by atoms with Gasteiger partial charge >= 0.3 is 0 Å². The van der Waals surface area contributed by atoms with Crippen LogP contribution in [0.25, 0.3) is 11.3 Å². The first kappa shape index (κ1) is 22.6. The zero-order chi connectivity index (χ0) is 20.4. The summed E-state index contributed by atoms with van der Waals surface area (Å²) in [5, 5.41) is 3.64. The van der Waals surface area contributed by atoms with Crippen molar-refractivity contribution in [1.82, 2.24) is 10.3 Å². The van der Waals surface area contributed by atoms with Crippen molar-refractivity contribution >= 4 is 0 Å². The van der Waals surface area contributed by atoms with Crippen LogP contribution in [0.3, 0.4) is 0 Å². The van der Waals surface area contributed by atoms with Gasteiger partial charge in [-0.2, -0.15) is 0 Å². The number of rotatable bonds is 12. The van der Waals surface area contributed by atoms with E-state index >= 15 is 0 Å². The highest BCUT2D eigenvalue weighted by Crippen LogP contribution is 2.29. The minimum Gasteiger partial charge on any atom is -0.313 e. The molecule has 1 heterocycles. The lowest BCUT2D eigenvalue weighted by Gasteiger charge is -2.17. The summed E-state index contributed by atoms with van der Waals surface area (Å²) in [6.07, 6.45) is 10.2. The van der Waals surface area contributed by atoms with Gasteiger partial charge in [0.25, 0.3) is 0 Å². The Morgan fingerprint density at radius 1 is 0.857 bits per heavy atom. The molecule has 0 aliphatic carbocycles. The summed E-state index contributed by atoms with van der Waals surface area (Å²) in [6.45, 7) is 13.2. The third-order valence-corrected chi connectivity index (χ3v) is 5.82. The summed E-state index contributed by atoms with van der Waals surface area (Å²) >= 11 is 0. The van der Waals surface area contributed by atoms with Crippen molar-refractivity contribution in [3.63, 3.8) is 0 Å². The Kier molecular flexibility index (Phi) is 9.70. The third kappa shape index (κ3) is 6.17. The molecule has 2 nitrogen and oxygen atoms in total. The molecule has 0 amide bonds. The second-order valence-electron chi connectivity index (χ2n) is 7.99. The molecule has 0 saturated carbocycles. The van der Waals surface area contributed by atoms with Gasteiger partial charge in [0, 0.05) is 17.8 Å². The SMILES string of the molecule is CCCCCCCCNCc1c(C)cc(-c2c(CC)cccc2CC)nc1C. The van der Waals surface area contributed by atoms with E-state index in [-0.39, 0.29) is 0 Å². The highest BCUT2D eigenvalue weighted by molar-refractivity contribution is 5.69. The number of nitrogens with zero attached hydrogens (tertiary/aromatic N) is 1. The van der Waals surface area contributed by atoms with Gasteiger partial charge in [0.1, 0.15) is 0 Å². The molecule has 2 rings (SSSR count). The summed E-state index contributed by atoms with van der Waals surface area (Å²) in [7, 11) is 0. The van der Waals surface area contributed by atoms with E-state index in [1.54, 1.807) is 0 Å². The molecule has 2 heteroatoms. The summed E-state index contributed by atoms with van der Waals surface area (Å²) in [5.41, 5.74) is 9.18. The van der Waals surface area contributed by atoms with Crippen molar-refractivity contribution in [1.29, 1.82) is 0 Å². The van der Waals surface area contributed by atoms with Crippen LogP contribution in [0, 0.1) is 13.8 Å². The van der Waals surface area contributed by atoms with Crippen LogP contribution in [-0.4, -0.2) is 11.5 Å². The first-order valence-corrected chi connectivity index (χ1v) is 11.4. The molecule has 0 aliphatic heterocycles. The molecule has 0 fully saturated rings. The number of aryl methyl sites for hydroxylation is 4. The maximum atomic E-state index is 5.03. The van der Waals surface area contributed by atoms with E-state index in [0.29, 0.717) is 0 Å². The molecule has 2 aromatic rings. The zero-order valence-corrected chi connectivity index (χ0v) is 18.8. The van der Waals surface area contributed by atoms with E-state index in [2.05, 4.69) is 64.2 Å². The van der Waals surface area contributed by atoms with E-state index in [4.69, 9.17) is 4.98 Å². The maximum absolute atomic E-state index is 5.03. The molecule has 154 valence electrons. The quantitative estimate of drug-likeness (QED) is 0.403. The van der Waals surface area contributed by atoms with Gasteiger partial charge in [0.15, 0.2) is 0 Å². The lowest BCUT2D eigenvalue weighted by atomic mass is 9.93. The standard InChI is InChI=1S/C26H40N2/c1-6-9-10-11-12-13-17-27-19-24-20(4)18-25(28-21(24)5)26-22(7-2)15-14-16-23(26)8-3/h14-16,18,27H,6-13,17,19H2,1-5H3. The minimum absolute atomic E-state index is 0.927. The normalized spacial score (nSPS) is 11.2. The molecule has 0 atom stereocenters. The Labute approximate surface area is 173 Å². The Balaban J connectivity index is 2.04. The molecular formula is C26H40N2. The van der Waals surface area contributed by atoms with Gasteiger partial charge in [0.2, 0.25) is 0 Å². The fourth-order valence-corrected chi connectivity index (χ4v) is 4.07. The van der Waals surface area contributed by atoms with Gasteiger partial charge in [-0.25, -0.2) is 0 Å². The summed E-state index contributed by atoms with van der Waals surface area (Å²) in [5.74, 6) is 0. The molecule has 0 radical (unpaired) electrons. The van der Waals surface area contributed by atoms with Crippen LogP contribution in [0.4, 0.5) is 0 Å². The van der Waals surface area contributed by atoms with Gasteiger partial charge in [-0.05, 0) is 68.0 Å². The number of aromatic nitrogens is 1. The van der Waals surface area contributed by atoms with Crippen LogP contribution < -0.4 is 5.32 Å². The third-order valence-electron chi connectivity index (χ3n) is 5.82. The first-order valence-electron chi connectivity index (χ1n) is 11.4. The van der Waals surface area contributed by atoms with E-state index in [0.717, 1.165) is 31.6 Å². The van der Waals surface area contributed by atoms with Crippen molar-refractivity contribution in [2.24, 2.45) is 0 Å². The smallest absolute Gasteiger partial charge is 0.0713 e. The van der Waals surface area contributed by atoms with Gasteiger partial charge < -0.3 is 5.32 Å². The van der Waals surface area contributed by atoms with Crippen molar-refractivity contribution in [3.8, 4) is 11.3 Å². The predicted octanol–water partition coefficient (Wildman–Crippen LogP) is 6.94. The molecule has 0 aliphatic rings. The van der Waals surface area contributed by atoms with E-state index < -0.39 is 0 Å². The first-order chi connectivity index (χ1) is 13.6. The molecule has 0 unspecified atom stereocenters. The van der Waals surface area contributed by atoms with Crippen molar-refractivity contribution in [2.45, 2.75) is 92.5 Å². The lowest BCUT2D eigenvalue weighted by Crippen LogP contribution is -2.17. The number of pyridine rings is 1. The van der Waals surface area contributed by atoms with Crippen LogP contribution in [0.1, 0.15) is 87.2 Å². The minimum atomic E-state index is 0.927. The van der Waals surface area contributed by atoms with Crippen LogP contribution in [0.15, 0.2) is 24.3 Å². The predicted molar refractivity (Wildman–Crippen MR) is 123 cm³/mol. The van der Waals surface area contributed by atoms with Crippen LogP contribution in [0.2, 0.25) is 0 Å².